The molecule has 4 heteroatoms. The Balaban J connectivity index is 1.89. The molecule has 0 aliphatic carbocycles. The average molecular weight is 377 g/mol. The number of benzene rings is 2. The highest BCUT2D eigenvalue weighted by molar-refractivity contribution is 9.10. The minimum atomic E-state index is 0.593. The second-order valence-corrected chi connectivity index (χ2v) is 6.78. The molecule has 2 aromatic rings. The Morgan fingerprint density at radius 1 is 1.09 bits per heavy atom. The summed E-state index contributed by atoms with van der Waals surface area (Å²) < 4.78 is 7.08. The van der Waals surface area contributed by atoms with E-state index < -0.39 is 0 Å². The largest absolute Gasteiger partial charge is 0.489 e. The molecule has 2 aromatic carbocycles. The summed E-state index contributed by atoms with van der Waals surface area (Å²) in [6.07, 6.45) is 1.14. The lowest BCUT2D eigenvalue weighted by Crippen LogP contribution is -2.21. The van der Waals surface area contributed by atoms with E-state index in [1.165, 1.54) is 11.1 Å². The number of hydrogen-bond donors (Lipinski definition) is 1. The van der Waals surface area contributed by atoms with Gasteiger partial charge in [0.25, 0.3) is 0 Å². The molecule has 0 saturated heterocycles. The van der Waals surface area contributed by atoms with Gasteiger partial charge in [-0.3, -0.25) is 0 Å². The molecule has 0 aliphatic rings. The van der Waals surface area contributed by atoms with Crippen molar-refractivity contribution < 1.29 is 4.74 Å². The molecule has 0 spiro atoms. The van der Waals surface area contributed by atoms with E-state index in [-0.39, 0.29) is 0 Å². The highest BCUT2D eigenvalue weighted by Crippen LogP contribution is 2.24. The van der Waals surface area contributed by atoms with Crippen LogP contribution in [0.2, 0.25) is 0 Å². The maximum absolute atomic E-state index is 6.00. The van der Waals surface area contributed by atoms with E-state index in [2.05, 4.69) is 58.4 Å². The van der Waals surface area contributed by atoms with Crippen LogP contribution in [-0.2, 0) is 13.2 Å². The minimum absolute atomic E-state index is 0.593. The Hall–Kier alpha value is -1.36. The van der Waals surface area contributed by atoms with Crippen LogP contribution in [0.25, 0.3) is 0 Å². The fourth-order valence-electron chi connectivity index (χ4n) is 2.31. The topological polar surface area (TPSA) is 24.5 Å². The van der Waals surface area contributed by atoms with E-state index in [4.69, 9.17) is 4.74 Å². The van der Waals surface area contributed by atoms with Crippen molar-refractivity contribution >= 4 is 15.9 Å². The molecule has 1 N–H and O–H groups in total. The quantitative estimate of drug-likeness (QED) is 0.667. The van der Waals surface area contributed by atoms with Gasteiger partial charge in [-0.2, -0.15) is 0 Å². The molecule has 0 heterocycles. The van der Waals surface area contributed by atoms with Gasteiger partial charge in [0.1, 0.15) is 12.4 Å². The lowest BCUT2D eigenvalue weighted by molar-refractivity contribution is 0.302. The number of halogens is 1. The second-order valence-electron chi connectivity index (χ2n) is 5.86. The van der Waals surface area contributed by atoms with Crippen molar-refractivity contribution in [3.8, 4) is 5.75 Å². The first kappa shape index (κ1) is 18.0. The van der Waals surface area contributed by atoms with Gasteiger partial charge in [0.15, 0.2) is 0 Å². The molecule has 23 heavy (non-hydrogen) atoms. The number of nitrogens with zero attached hydrogens (tertiary/aromatic N) is 1. The van der Waals surface area contributed by atoms with Crippen LogP contribution in [0.4, 0.5) is 0 Å². The van der Waals surface area contributed by atoms with Crippen molar-refractivity contribution in [3.05, 3.63) is 64.1 Å². The zero-order chi connectivity index (χ0) is 16.5. The van der Waals surface area contributed by atoms with Crippen LogP contribution in [0.15, 0.2) is 53.0 Å². The molecular weight excluding hydrogens is 352 g/mol. The van der Waals surface area contributed by atoms with Gasteiger partial charge in [-0.15, -0.1) is 0 Å². The third-order valence-electron chi connectivity index (χ3n) is 3.53. The third kappa shape index (κ3) is 6.73. The summed E-state index contributed by atoms with van der Waals surface area (Å²) in [7, 11) is 4.20. The number of ether oxygens (including phenoxy) is 1. The van der Waals surface area contributed by atoms with Crippen LogP contribution in [0.1, 0.15) is 17.5 Å². The predicted molar refractivity (Wildman–Crippen MR) is 99.8 cm³/mol. The summed E-state index contributed by atoms with van der Waals surface area (Å²) in [5.41, 5.74) is 2.36. The first-order valence-corrected chi connectivity index (χ1v) is 8.75. The van der Waals surface area contributed by atoms with Gasteiger partial charge in [-0.05, 0) is 57.4 Å². The van der Waals surface area contributed by atoms with Gasteiger partial charge < -0.3 is 15.0 Å². The summed E-state index contributed by atoms with van der Waals surface area (Å²) in [6, 6.07) is 16.4. The van der Waals surface area contributed by atoms with Gasteiger partial charge in [0.05, 0.1) is 0 Å². The molecule has 3 nitrogen and oxygen atoms in total. The molecule has 0 bridgehead atoms. The predicted octanol–water partition coefficient (Wildman–Crippen LogP) is 4.07. The van der Waals surface area contributed by atoms with Crippen LogP contribution in [0, 0.1) is 0 Å². The smallest absolute Gasteiger partial charge is 0.124 e. The third-order valence-corrected chi connectivity index (χ3v) is 4.03. The normalized spacial score (nSPS) is 11.0. The van der Waals surface area contributed by atoms with Gasteiger partial charge >= 0.3 is 0 Å². The summed E-state index contributed by atoms with van der Waals surface area (Å²) in [5, 5.41) is 3.50. The van der Waals surface area contributed by atoms with Gasteiger partial charge in [-0.1, -0.05) is 46.3 Å². The summed E-state index contributed by atoms with van der Waals surface area (Å²) >= 11 is 3.54. The molecule has 0 amide bonds. The van der Waals surface area contributed by atoms with E-state index in [9.17, 15) is 0 Å². The fraction of sp³-hybridized carbons (Fsp3) is 0.368. The lowest BCUT2D eigenvalue weighted by atomic mass is 10.2. The van der Waals surface area contributed by atoms with Crippen LogP contribution in [0.5, 0.6) is 5.75 Å². The van der Waals surface area contributed by atoms with E-state index in [1.807, 2.05) is 30.3 Å². The van der Waals surface area contributed by atoms with Crippen LogP contribution >= 0.6 is 15.9 Å². The number of nitrogens with one attached hydrogen (secondary N) is 1. The Morgan fingerprint density at radius 3 is 2.61 bits per heavy atom. The molecule has 0 aliphatic heterocycles. The van der Waals surface area contributed by atoms with Gasteiger partial charge in [0.2, 0.25) is 0 Å². The lowest BCUT2D eigenvalue weighted by Gasteiger charge is -2.14. The van der Waals surface area contributed by atoms with Crippen molar-refractivity contribution in [2.24, 2.45) is 0 Å². The first-order chi connectivity index (χ1) is 11.1. The van der Waals surface area contributed by atoms with Crippen molar-refractivity contribution in [1.29, 1.82) is 0 Å². The van der Waals surface area contributed by atoms with E-state index in [0.717, 1.165) is 36.3 Å². The second kappa shape index (κ2) is 9.71. The molecule has 2 rings (SSSR count). The Labute approximate surface area is 147 Å². The van der Waals surface area contributed by atoms with Crippen molar-refractivity contribution in [3.63, 3.8) is 0 Å². The molecule has 0 saturated carbocycles. The molecule has 0 fully saturated rings. The Morgan fingerprint density at radius 2 is 1.87 bits per heavy atom. The highest BCUT2D eigenvalue weighted by Gasteiger charge is 2.05. The highest BCUT2D eigenvalue weighted by atomic mass is 79.9. The summed E-state index contributed by atoms with van der Waals surface area (Å²) in [6.45, 7) is 3.51. The standard InChI is InChI=1S/C19H25BrN2O/c1-22(2)12-6-11-21-14-17-13-18(20)9-10-19(17)23-15-16-7-4-3-5-8-16/h3-5,7-10,13,21H,6,11-12,14-15H2,1-2H3. The molecule has 0 atom stereocenters. The van der Waals surface area contributed by atoms with E-state index in [0.29, 0.717) is 6.61 Å². The summed E-state index contributed by atoms with van der Waals surface area (Å²) in [5.74, 6) is 0.942. The minimum Gasteiger partial charge on any atom is -0.489 e. The monoisotopic (exact) mass is 376 g/mol. The molecule has 124 valence electrons. The number of rotatable bonds is 9. The van der Waals surface area contributed by atoms with Crippen LogP contribution in [0.3, 0.4) is 0 Å². The van der Waals surface area contributed by atoms with Crippen molar-refractivity contribution in [2.75, 3.05) is 27.2 Å². The molecule has 0 aromatic heterocycles. The van der Waals surface area contributed by atoms with Crippen LogP contribution in [-0.4, -0.2) is 32.1 Å². The average Bonchev–Trinajstić information content (AvgIpc) is 2.54. The fourth-order valence-corrected chi connectivity index (χ4v) is 2.71. The molecular formula is C19H25BrN2O. The first-order valence-electron chi connectivity index (χ1n) is 7.96. The van der Waals surface area contributed by atoms with Crippen LogP contribution < -0.4 is 10.1 Å². The zero-order valence-electron chi connectivity index (χ0n) is 13.9. The van der Waals surface area contributed by atoms with Gasteiger partial charge in [0, 0.05) is 16.6 Å². The van der Waals surface area contributed by atoms with Crippen molar-refractivity contribution in [1.82, 2.24) is 10.2 Å². The SMILES string of the molecule is CN(C)CCCNCc1cc(Br)ccc1OCc1ccccc1. The number of hydrogen-bond acceptors (Lipinski definition) is 3. The zero-order valence-corrected chi connectivity index (χ0v) is 15.5. The maximum atomic E-state index is 6.00. The maximum Gasteiger partial charge on any atom is 0.124 e. The Bertz CT molecular complexity index is 587. The molecule has 0 radical (unpaired) electrons. The van der Waals surface area contributed by atoms with Crippen molar-refractivity contribution in [2.45, 2.75) is 19.6 Å². The van der Waals surface area contributed by atoms with E-state index >= 15 is 0 Å². The summed E-state index contributed by atoms with van der Waals surface area (Å²) in [4.78, 5) is 2.20. The molecule has 0 unspecified atom stereocenters. The Kier molecular flexibility index (Phi) is 7.59. The van der Waals surface area contributed by atoms with Gasteiger partial charge in [-0.25, -0.2) is 0 Å². The van der Waals surface area contributed by atoms with E-state index in [1.54, 1.807) is 0 Å².